The van der Waals surface area contributed by atoms with Gasteiger partial charge in [0.05, 0.1) is 22.3 Å². The topological polar surface area (TPSA) is 111 Å². The standard InChI is InChI=1S/C20H16N8/c1-3-13-6-4-12(9-22-13)18-16(11-5-7-14-15(8-11)26-27-25-14)17-19(21)23-10-24-20(17)28(18)2/h3-10H,1H2,2H3,(H2,21,23,24)(H,25,26,27). The van der Waals surface area contributed by atoms with E-state index in [1.165, 1.54) is 6.33 Å². The van der Waals surface area contributed by atoms with Gasteiger partial charge in [-0.1, -0.05) is 17.9 Å². The maximum Gasteiger partial charge on any atom is 0.146 e. The number of anilines is 1. The number of nitrogens with zero attached hydrogens (tertiary/aromatic N) is 6. The van der Waals surface area contributed by atoms with Crippen molar-refractivity contribution in [3.63, 3.8) is 0 Å². The van der Waals surface area contributed by atoms with E-state index in [9.17, 15) is 0 Å². The van der Waals surface area contributed by atoms with Gasteiger partial charge < -0.3 is 10.3 Å². The molecule has 0 atom stereocenters. The molecule has 0 spiro atoms. The summed E-state index contributed by atoms with van der Waals surface area (Å²) in [5.41, 5.74) is 13.3. The first-order chi connectivity index (χ1) is 13.7. The number of nitrogens with one attached hydrogen (secondary N) is 1. The van der Waals surface area contributed by atoms with Gasteiger partial charge in [0.1, 0.15) is 23.3 Å². The Balaban J connectivity index is 1.88. The van der Waals surface area contributed by atoms with Gasteiger partial charge in [-0.3, -0.25) is 10.1 Å². The summed E-state index contributed by atoms with van der Waals surface area (Å²) in [6.45, 7) is 3.77. The Morgan fingerprint density at radius 3 is 2.75 bits per heavy atom. The monoisotopic (exact) mass is 368 g/mol. The fraction of sp³-hybridized carbons (Fsp3) is 0.0500. The number of aryl methyl sites for hydroxylation is 1. The number of fused-ring (bicyclic) bond motifs is 2. The van der Waals surface area contributed by atoms with E-state index in [1.807, 2.05) is 48.1 Å². The molecule has 0 amide bonds. The molecule has 5 aromatic rings. The molecule has 0 unspecified atom stereocenters. The van der Waals surface area contributed by atoms with Crippen molar-refractivity contribution in [1.82, 2.24) is 34.9 Å². The lowest BCUT2D eigenvalue weighted by Gasteiger charge is -2.09. The Morgan fingerprint density at radius 1 is 1.11 bits per heavy atom. The SMILES string of the molecule is C=Cc1ccc(-c2c(-c3ccc4nn[nH]c4c3)c3c(N)ncnc3n2C)cn1. The van der Waals surface area contributed by atoms with Gasteiger partial charge in [0, 0.05) is 24.4 Å². The quantitative estimate of drug-likeness (QED) is 0.506. The zero-order chi connectivity index (χ0) is 19.3. The fourth-order valence-corrected chi connectivity index (χ4v) is 3.56. The van der Waals surface area contributed by atoms with Gasteiger partial charge in [0.15, 0.2) is 0 Å². The average Bonchev–Trinajstić information content (AvgIpc) is 3.31. The van der Waals surface area contributed by atoms with Crippen LogP contribution in [-0.4, -0.2) is 34.9 Å². The van der Waals surface area contributed by atoms with E-state index in [1.54, 1.807) is 6.08 Å². The second-order valence-corrected chi connectivity index (χ2v) is 6.46. The summed E-state index contributed by atoms with van der Waals surface area (Å²) in [4.78, 5) is 13.1. The van der Waals surface area contributed by atoms with Crippen molar-refractivity contribution in [3.05, 3.63) is 55.1 Å². The zero-order valence-electron chi connectivity index (χ0n) is 15.1. The Morgan fingerprint density at radius 2 is 1.96 bits per heavy atom. The van der Waals surface area contributed by atoms with E-state index in [4.69, 9.17) is 5.73 Å². The number of benzene rings is 1. The average molecular weight is 368 g/mol. The summed E-state index contributed by atoms with van der Waals surface area (Å²) in [6.07, 6.45) is 5.02. The lowest BCUT2D eigenvalue weighted by molar-refractivity contribution is 0.951. The van der Waals surface area contributed by atoms with Crippen molar-refractivity contribution in [1.29, 1.82) is 0 Å². The summed E-state index contributed by atoms with van der Waals surface area (Å²) in [6, 6.07) is 9.88. The highest BCUT2D eigenvalue weighted by molar-refractivity contribution is 6.08. The van der Waals surface area contributed by atoms with E-state index in [-0.39, 0.29) is 0 Å². The molecule has 4 heterocycles. The van der Waals surface area contributed by atoms with Gasteiger partial charge in [-0.2, -0.15) is 0 Å². The van der Waals surface area contributed by atoms with Gasteiger partial charge in [-0.15, -0.1) is 5.10 Å². The molecule has 0 aliphatic heterocycles. The van der Waals surface area contributed by atoms with Crippen LogP contribution < -0.4 is 5.73 Å². The van der Waals surface area contributed by atoms with E-state index in [2.05, 4.69) is 36.9 Å². The van der Waals surface area contributed by atoms with Crippen molar-refractivity contribution >= 4 is 34.0 Å². The number of aromatic amines is 1. The summed E-state index contributed by atoms with van der Waals surface area (Å²) in [5, 5.41) is 11.7. The van der Waals surface area contributed by atoms with Crippen LogP contribution in [0.5, 0.6) is 0 Å². The summed E-state index contributed by atoms with van der Waals surface area (Å²) in [7, 11) is 1.96. The molecule has 0 saturated heterocycles. The molecule has 28 heavy (non-hydrogen) atoms. The molecule has 3 N–H and O–H groups in total. The van der Waals surface area contributed by atoms with E-state index in [0.29, 0.717) is 5.82 Å². The first-order valence-electron chi connectivity index (χ1n) is 8.66. The Kier molecular flexibility index (Phi) is 3.45. The second-order valence-electron chi connectivity index (χ2n) is 6.46. The van der Waals surface area contributed by atoms with Gasteiger partial charge in [-0.25, -0.2) is 9.97 Å². The normalized spacial score (nSPS) is 11.3. The molecule has 0 aliphatic rings. The molecule has 136 valence electrons. The van der Waals surface area contributed by atoms with Crippen LogP contribution in [0.3, 0.4) is 0 Å². The molecule has 0 saturated carbocycles. The maximum atomic E-state index is 6.27. The molecule has 8 nitrogen and oxygen atoms in total. The minimum Gasteiger partial charge on any atom is -0.383 e. The third-order valence-electron chi connectivity index (χ3n) is 4.88. The van der Waals surface area contributed by atoms with E-state index in [0.717, 1.165) is 50.1 Å². The maximum absolute atomic E-state index is 6.27. The number of aromatic nitrogens is 7. The van der Waals surface area contributed by atoms with Gasteiger partial charge in [0.25, 0.3) is 0 Å². The molecular weight excluding hydrogens is 352 g/mol. The van der Waals surface area contributed by atoms with Crippen molar-refractivity contribution < 1.29 is 0 Å². The largest absolute Gasteiger partial charge is 0.383 e. The van der Waals surface area contributed by atoms with Crippen LogP contribution in [-0.2, 0) is 7.05 Å². The van der Waals surface area contributed by atoms with Crippen molar-refractivity contribution in [3.8, 4) is 22.4 Å². The predicted octanol–water partition coefficient (Wildman–Crippen LogP) is 3.19. The summed E-state index contributed by atoms with van der Waals surface area (Å²) < 4.78 is 2.02. The Bertz CT molecular complexity index is 1340. The molecular formula is C20H16N8. The van der Waals surface area contributed by atoms with Crippen molar-refractivity contribution in [2.24, 2.45) is 7.05 Å². The van der Waals surface area contributed by atoms with Crippen molar-refractivity contribution in [2.45, 2.75) is 0 Å². The molecule has 1 aromatic carbocycles. The smallest absolute Gasteiger partial charge is 0.146 e. The summed E-state index contributed by atoms with van der Waals surface area (Å²) in [5.74, 6) is 0.431. The molecule has 5 rings (SSSR count). The highest BCUT2D eigenvalue weighted by Gasteiger charge is 2.22. The highest BCUT2D eigenvalue weighted by atomic mass is 15.3. The van der Waals surface area contributed by atoms with Crippen LogP contribution in [0.2, 0.25) is 0 Å². The van der Waals surface area contributed by atoms with Crippen molar-refractivity contribution in [2.75, 3.05) is 5.73 Å². The third-order valence-corrected chi connectivity index (χ3v) is 4.88. The number of nitrogen functional groups attached to an aromatic ring is 1. The molecule has 0 radical (unpaired) electrons. The number of nitrogens with two attached hydrogens (primary N) is 1. The number of H-pyrrole nitrogens is 1. The minimum atomic E-state index is 0.431. The lowest BCUT2D eigenvalue weighted by Crippen LogP contribution is -1.96. The third kappa shape index (κ3) is 2.28. The molecule has 0 aliphatic carbocycles. The van der Waals surface area contributed by atoms with Crippen LogP contribution in [0.4, 0.5) is 5.82 Å². The van der Waals surface area contributed by atoms with Crippen LogP contribution in [0, 0.1) is 0 Å². The fourth-order valence-electron chi connectivity index (χ4n) is 3.56. The lowest BCUT2D eigenvalue weighted by atomic mass is 9.99. The highest BCUT2D eigenvalue weighted by Crippen LogP contribution is 2.41. The van der Waals surface area contributed by atoms with E-state index < -0.39 is 0 Å². The zero-order valence-corrected chi connectivity index (χ0v) is 15.1. The molecule has 8 heteroatoms. The van der Waals surface area contributed by atoms with Gasteiger partial charge >= 0.3 is 0 Å². The molecule has 0 bridgehead atoms. The van der Waals surface area contributed by atoms with Crippen LogP contribution in [0.25, 0.3) is 50.5 Å². The van der Waals surface area contributed by atoms with Gasteiger partial charge in [-0.05, 0) is 35.9 Å². The second kappa shape index (κ2) is 5.98. The summed E-state index contributed by atoms with van der Waals surface area (Å²) >= 11 is 0. The number of hydrogen-bond donors (Lipinski definition) is 2. The Hall–Kier alpha value is -4.07. The van der Waals surface area contributed by atoms with Crippen LogP contribution in [0.15, 0.2) is 49.4 Å². The minimum absolute atomic E-state index is 0.431. The molecule has 4 aromatic heterocycles. The first kappa shape index (κ1) is 16.1. The van der Waals surface area contributed by atoms with Gasteiger partial charge in [0.2, 0.25) is 0 Å². The molecule has 0 fully saturated rings. The first-order valence-corrected chi connectivity index (χ1v) is 8.66. The van der Waals surface area contributed by atoms with Crippen LogP contribution in [0.1, 0.15) is 5.69 Å². The Labute approximate surface area is 159 Å². The number of rotatable bonds is 3. The predicted molar refractivity (Wildman–Crippen MR) is 109 cm³/mol. The van der Waals surface area contributed by atoms with Crippen LogP contribution >= 0.6 is 0 Å². The number of pyridine rings is 1. The number of hydrogen-bond acceptors (Lipinski definition) is 6. The van der Waals surface area contributed by atoms with E-state index >= 15 is 0 Å².